The number of rotatable bonds is 11. The van der Waals surface area contributed by atoms with Gasteiger partial charge in [0.1, 0.15) is 0 Å². The zero-order chi connectivity index (χ0) is 22.9. The Balaban J connectivity index is 1.67. The molecule has 1 saturated heterocycles. The van der Waals surface area contributed by atoms with Gasteiger partial charge in [-0.1, -0.05) is 43.7 Å². The van der Waals surface area contributed by atoms with Crippen LogP contribution in [0.2, 0.25) is 5.02 Å². The number of nitrogens with zero attached hydrogens (tertiary/aromatic N) is 1. The number of amides is 1. The monoisotopic (exact) mass is 463 g/mol. The van der Waals surface area contributed by atoms with Crippen molar-refractivity contribution >= 4 is 29.1 Å². The molecule has 1 aromatic rings. The maximum absolute atomic E-state index is 12.1. The number of piperidine rings is 1. The van der Waals surface area contributed by atoms with Crippen LogP contribution >= 0.6 is 11.6 Å². The van der Waals surface area contributed by atoms with E-state index in [1.807, 2.05) is 12.1 Å². The van der Waals surface area contributed by atoms with Crippen molar-refractivity contribution in [1.29, 1.82) is 0 Å². The molecule has 4 N–H and O–H groups in total. The van der Waals surface area contributed by atoms with Crippen LogP contribution in [0, 0.1) is 0 Å². The van der Waals surface area contributed by atoms with E-state index in [-0.39, 0.29) is 12.5 Å². The first-order chi connectivity index (χ1) is 14.7. The molecule has 2 rings (SSSR count). The number of unbranched alkanes of at least 4 members (excludes halogenated alkanes) is 6. The van der Waals surface area contributed by atoms with Crippen molar-refractivity contribution in [3.8, 4) is 0 Å². The van der Waals surface area contributed by atoms with Crippen LogP contribution in [0.3, 0.4) is 0 Å². The van der Waals surface area contributed by atoms with Crippen molar-refractivity contribution < 1.29 is 23.1 Å². The lowest BCUT2D eigenvalue weighted by atomic mass is 10.0. The summed E-state index contributed by atoms with van der Waals surface area (Å²) < 4.78 is 36.3. The third-order valence-corrected chi connectivity index (χ3v) is 6.10. The second-order valence-corrected chi connectivity index (χ2v) is 8.72. The fourth-order valence-corrected chi connectivity index (χ4v) is 4.17. The maximum atomic E-state index is 12.1. The summed E-state index contributed by atoms with van der Waals surface area (Å²) in [7, 11) is 0. The van der Waals surface area contributed by atoms with Crippen LogP contribution < -0.4 is 11.1 Å². The van der Waals surface area contributed by atoms with Crippen molar-refractivity contribution in [3.05, 3.63) is 22.7 Å². The molecule has 1 heterocycles. The second-order valence-electron chi connectivity index (χ2n) is 8.31. The van der Waals surface area contributed by atoms with E-state index in [9.17, 15) is 18.0 Å². The molecule has 1 aromatic carbocycles. The highest BCUT2D eigenvalue weighted by atomic mass is 35.5. The SMILES string of the molecule is Nc1cc(CCCCCCCCCC(F)(F)F)c(Cl)cc1NC1CCN(C(=O)O)CC1. The second kappa shape index (κ2) is 12.3. The lowest BCUT2D eigenvalue weighted by Gasteiger charge is -2.31. The van der Waals surface area contributed by atoms with Crippen LogP contribution in [0.4, 0.5) is 29.3 Å². The standard InChI is InChI=1S/C22H33ClF3N3O2/c23-18-15-20(28-17-9-12-29(13-10-17)21(30)31)19(27)14-16(18)8-6-4-2-1-3-5-7-11-22(24,25)26/h14-15,17,28H,1-13,27H2,(H,30,31). The zero-order valence-corrected chi connectivity index (χ0v) is 18.6. The number of anilines is 2. The normalized spacial score (nSPS) is 15.3. The highest BCUT2D eigenvalue weighted by molar-refractivity contribution is 6.31. The van der Waals surface area contributed by atoms with Gasteiger partial charge in [0.25, 0.3) is 0 Å². The number of carbonyl (C=O) groups is 1. The molecule has 5 nitrogen and oxygen atoms in total. The minimum absolute atomic E-state index is 0.163. The van der Waals surface area contributed by atoms with Gasteiger partial charge in [0.15, 0.2) is 0 Å². The molecule has 0 spiro atoms. The van der Waals surface area contributed by atoms with Gasteiger partial charge in [0.05, 0.1) is 11.4 Å². The van der Waals surface area contributed by atoms with Crippen molar-refractivity contribution in [3.63, 3.8) is 0 Å². The number of alkyl halides is 3. The molecule has 0 aliphatic carbocycles. The van der Waals surface area contributed by atoms with Crippen LogP contribution in [0.15, 0.2) is 12.1 Å². The Morgan fingerprint density at radius 1 is 1.10 bits per heavy atom. The summed E-state index contributed by atoms with van der Waals surface area (Å²) in [5.74, 6) is 0. The highest BCUT2D eigenvalue weighted by Crippen LogP contribution is 2.30. The molecule has 1 fully saturated rings. The number of nitrogens with two attached hydrogens (primary N) is 1. The van der Waals surface area contributed by atoms with Crippen LogP contribution in [0.25, 0.3) is 0 Å². The van der Waals surface area contributed by atoms with Crippen LogP contribution in [-0.4, -0.2) is 41.4 Å². The molecule has 1 aliphatic rings. The first kappa shape index (κ1) is 25.4. The van der Waals surface area contributed by atoms with Gasteiger partial charge in [0.2, 0.25) is 0 Å². The Bertz CT molecular complexity index is 708. The number of likely N-dealkylation sites (tertiary alicyclic amines) is 1. The van der Waals surface area contributed by atoms with Gasteiger partial charge in [-0.25, -0.2) is 4.79 Å². The molecule has 0 aromatic heterocycles. The Kier molecular flexibility index (Phi) is 10.1. The van der Waals surface area contributed by atoms with Gasteiger partial charge in [-0.2, -0.15) is 13.2 Å². The first-order valence-electron chi connectivity index (χ1n) is 11.0. The Morgan fingerprint density at radius 2 is 1.68 bits per heavy atom. The Hall–Kier alpha value is -1.83. The minimum Gasteiger partial charge on any atom is -0.465 e. The van der Waals surface area contributed by atoms with Gasteiger partial charge in [-0.3, -0.25) is 0 Å². The fraction of sp³-hybridized carbons (Fsp3) is 0.682. The molecule has 0 bridgehead atoms. The molecule has 0 atom stereocenters. The smallest absolute Gasteiger partial charge is 0.407 e. The largest absolute Gasteiger partial charge is 0.465 e. The number of halogens is 4. The van der Waals surface area contributed by atoms with Crippen molar-refractivity contribution in [2.24, 2.45) is 0 Å². The summed E-state index contributed by atoms with van der Waals surface area (Å²) in [6.45, 7) is 1.00. The average molecular weight is 464 g/mol. The quantitative estimate of drug-likeness (QED) is 0.252. The van der Waals surface area contributed by atoms with Gasteiger partial charge >= 0.3 is 12.3 Å². The fourth-order valence-electron chi connectivity index (χ4n) is 3.91. The van der Waals surface area contributed by atoms with Crippen LogP contribution in [0.1, 0.15) is 69.8 Å². The van der Waals surface area contributed by atoms with E-state index in [2.05, 4.69) is 5.32 Å². The minimum atomic E-state index is -4.04. The lowest BCUT2D eigenvalue weighted by molar-refractivity contribution is -0.135. The number of aryl methyl sites for hydroxylation is 1. The van der Waals surface area contributed by atoms with E-state index in [1.165, 1.54) is 4.90 Å². The van der Waals surface area contributed by atoms with E-state index in [0.717, 1.165) is 62.6 Å². The number of hydrogen-bond donors (Lipinski definition) is 3. The summed E-state index contributed by atoms with van der Waals surface area (Å²) in [5, 5.41) is 13.1. The number of carboxylic acid groups (broad SMARTS) is 1. The number of nitrogen functional groups attached to an aromatic ring is 1. The molecule has 9 heteroatoms. The van der Waals surface area contributed by atoms with E-state index >= 15 is 0 Å². The third-order valence-electron chi connectivity index (χ3n) is 5.75. The molecule has 1 amide bonds. The van der Waals surface area contributed by atoms with Crippen molar-refractivity contribution in [2.45, 2.75) is 82.8 Å². The Morgan fingerprint density at radius 3 is 2.26 bits per heavy atom. The van der Waals surface area contributed by atoms with E-state index < -0.39 is 18.7 Å². The molecule has 176 valence electrons. The van der Waals surface area contributed by atoms with Crippen molar-refractivity contribution in [2.75, 3.05) is 24.1 Å². The molecule has 0 saturated carbocycles. The molecular weight excluding hydrogens is 431 g/mol. The molecule has 0 unspecified atom stereocenters. The predicted octanol–water partition coefficient (Wildman–Crippen LogP) is 6.70. The summed E-state index contributed by atoms with van der Waals surface area (Å²) in [6.07, 6.45) is 2.29. The van der Waals surface area contributed by atoms with Gasteiger partial charge in [-0.15, -0.1) is 0 Å². The van der Waals surface area contributed by atoms with E-state index in [4.69, 9.17) is 22.4 Å². The molecule has 0 radical (unpaired) electrons. The number of benzene rings is 1. The summed E-state index contributed by atoms with van der Waals surface area (Å²) in [5.41, 5.74) is 8.61. The highest BCUT2D eigenvalue weighted by Gasteiger charge is 2.25. The van der Waals surface area contributed by atoms with E-state index in [1.54, 1.807) is 0 Å². The molecular formula is C22H33ClF3N3O2. The summed E-state index contributed by atoms with van der Waals surface area (Å²) in [4.78, 5) is 12.4. The van der Waals surface area contributed by atoms with E-state index in [0.29, 0.717) is 30.2 Å². The number of hydrogen-bond acceptors (Lipinski definition) is 3. The third kappa shape index (κ3) is 9.46. The lowest BCUT2D eigenvalue weighted by Crippen LogP contribution is -2.41. The molecule has 1 aliphatic heterocycles. The van der Waals surface area contributed by atoms with Gasteiger partial charge in [0, 0.05) is 30.6 Å². The van der Waals surface area contributed by atoms with Gasteiger partial charge in [-0.05, 0) is 49.8 Å². The van der Waals surface area contributed by atoms with Gasteiger partial charge < -0.3 is 21.1 Å². The zero-order valence-electron chi connectivity index (χ0n) is 17.8. The summed E-state index contributed by atoms with van der Waals surface area (Å²) >= 11 is 6.44. The van der Waals surface area contributed by atoms with Crippen molar-refractivity contribution in [1.82, 2.24) is 4.90 Å². The van der Waals surface area contributed by atoms with Crippen LogP contribution in [-0.2, 0) is 6.42 Å². The first-order valence-corrected chi connectivity index (χ1v) is 11.4. The van der Waals surface area contributed by atoms with Crippen LogP contribution in [0.5, 0.6) is 0 Å². The maximum Gasteiger partial charge on any atom is 0.407 e. The predicted molar refractivity (Wildman–Crippen MR) is 119 cm³/mol. The number of nitrogens with one attached hydrogen (secondary N) is 1. The Labute approximate surface area is 187 Å². The summed E-state index contributed by atoms with van der Waals surface area (Å²) in [6, 6.07) is 3.90. The topological polar surface area (TPSA) is 78.6 Å². The average Bonchev–Trinajstić information content (AvgIpc) is 2.69. The molecule has 31 heavy (non-hydrogen) atoms.